The van der Waals surface area contributed by atoms with Crippen molar-refractivity contribution >= 4 is 7.60 Å². The summed E-state index contributed by atoms with van der Waals surface area (Å²) in [6.45, 7) is 5.29. The van der Waals surface area contributed by atoms with Crippen LogP contribution in [-0.4, -0.2) is 64.4 Å². The van der Waals surface area contributed by atoms with Crippen LogP contribution in [0.1, 0.15) is 117 Å². The molecular formula is C29H60NO5P. The third-order valence-corrected chi connectivity index (χ3v) is 8.87. The highest BCUT2D eigenvalue weighted by atomic mass is 31.2. The summed E-state index contributed by atoms with van der Waals surface area (Å²) in [6.07, 6.45) is 23.7. The Bertz CT molecular complexity index is 564. The molecule has 36 heavy (non-hydrogen) atoms. The maximum Gasteiger partial charge on any atom is 0.193 e. The molecule has 0 aliphatic rings. The molecule has 0 aliphatic carbocycles. The van der Waals surface area contributed by atoms with Gasteiger partial charge >= 0.3 is 0 Å². The van der Waals surface area contributed by atoms with Gasteiger partial charge in [-0.3, -0.25) is 0 Å². The lowest BCUT2D eigenvalue weighted by Crippen LogP contribution is -2.47. The molecule has 0 aromatic heterocycles. The number of hydrogen-bond acceptors (Lipinski definition) is 5. The van der Waals surface area contributed by atoms with Gasteiger partial charge < -0.3 is 27.9 Å². The van der Waals surface area contributed by atoms with Crippen molar-refractivity contribution in [2.45, 2.75) is 128 Å². The standard InChI is InChI=1S/C29H60NO5P/c1-7-9-10-11-12-13-14-15-16-17-18-19-20-21-22-23-25-34-26-28(33-6)27-35-36(31,32)29(24-8-2)30(3,4)5/h14-15,28-29H,7-13,16-27H2,1-6H3/b15-14-/t28-,29?/m1/s1. The predicted octanol–water partition coefficient (Wildman–Crippen LogP) is 7.46. The first-order valence-corrected chi connectivity index (χ1v) is 16.3. The zero-order valence-electron chi connectivity index (χ0n) is 24.7. The maximum absolute atomic E-state index is 12.7. The molecule has 7 heteroatoms. The summed E-state index contributed by atoms with van der Waals surface area (Å²) in [5.74, 6) is -0.553. The SMILES string of the molecule is CCCCCCC/C=C\CCCCCCCCCOC[C@H](COP(=O)([O-])C(CCC)[N+](C)(C)C)OC. The molecule has 0 amide bonds. The van der Waals surface area contributed by atoms with Crippen LogP contribution in [-0.2, 0) is 18.6 Å². The minimum Gasteiger partial charge on any atom is -0.774 e. The summed E-state index contributed by atoms with van der Waals surface area (Å²) in [6, 6.07) is 0. The van der Waals surface area contributed by atoms with Crippen molar-refractivity contribution in [3.8, 4) is 0 Å². The van der Waals surface area contributed by atoms with Crippen molar-refractivity contribution in [1.29, 1.82) is 0 Å². The van der Waals surface area contributed by atoms with Crippen LogP contribution in [0.3, 0.4) is 0 Å². The van der Waals surface area contributed by atoms with Crippen LogP contribution >= 0.6 is 7.60 Å². The fraction of sp³-hybridized carbons (Fsp3) is 0.931. The lowest BCUT2D eigenvalue weighted by Gasteiger charge is -2.41. The first-order chi connectivity index (χ1) is 17.2. The van der Waals surface area contributed by atoms with Gasteiger partial charge in [0, 0.05) is 20.1 Å². The van der Waals surface area contributed by atoms with E-state index in [4.69, 9.17) is 14.0 Å². The number of unbranched alkanes of at least 4 members (excludes halogenated alkanes) is 12. The van der Waals surface area contributed by atoms with E-state index in [1.807, 2.05) is 28.1 Å². The summed E-state index contributed by atoms with van der Waals surface area (Å²) in [7, 11) is 3.24. The van der Waals surface area contributed by atoms with E-state index < -0.39 is 13.4 Å². The topological polar surface area (TPSA) is 67.8 Å². The Hall–Kier alpha value is -0.230. The first kappa shape index (κ1) is 35.8. The smallest absolute Gasteiger partial charge is 0.193 e. The van der Waals surface area contributed by atoms with Gasteiger partial charge in [0.05, 0.1) is 34.4 Å². The highest BCUT2D eigenvalue weighted by Crippen LogP contribution is 2.48. The van der Waals surface area contributed by atoms with Crippen LogP contribution in [0, 0.1) is 0 Å². The highest BCUT2D eigenvalue weighted by molar-refractivity contribution is 7.51. The molecule has 216 valence electrons. The minimum absolute atomic E-state index is 0.00559. The maximum atomic E-state index is 12.7. The predicted molar refractivity (Wildman–Crippen MR) is 151 cm³/mol. The Morgan fingerprint density at radius 1 is 0.778 bits per heavy atom. The average Bonchev–Trinajstić information content (AvgIpc) is 2.82. The number of methoxy groups -OCH3 is 1. The second-order valence-corrected chi connectivity index (χ2v) is 13.0. The molecule has 0 saturated heterocycles. The molecule has 0 aliphatic heterocycles. The van der Waals surface area contributed by atoms with Gasteiger partial charge in [0.1, 0.15) is 6.10 Å². The molecule has 6 nitrogen and oxygen atoms in total. The zero-order valence-corrected chi connectivity index (χ0v) is 25.6. The van der Waals surface area contributed by atoms with Gasteiger partial charge in [0.2, 0.25) is 0 Å². The van der Waals surface area contributed by atoms with Crippen LogP contribution in [0.4, 0.5) is 0 Å². The zero-order chi connectivity index (χ0) is 27.1. The minimum atomic E-state index is -4.00. The van der Waals surface area contributed by atoms with Crippen molar-refractivity contribution in [1.82, 2.24) is 0 Å². The number of rotatable bonds is 26. The lowest BCUT2D eigenvalue weighted by atomic mass is 10.1. The van der Waals surface area contributed by atoms with Gasteiger partial charge in [-0.15, -0.1) is 0 Å². The van der Waals surface area contributed by atoms with E-state index in [0.29, 0.717) is 24.1 Å². The van der Waals surface area contributed by atoms with Crippen molar-refractivity contribution in [2.75, 3.05) is 48.1 Å². The molecule has 2 unspecified atom stereocenters. The second-order valence-electron chi connectivity index (χ2n) is 11.1. The van der Waals surface area contributed by atoms with Crippen LogP contribution < -0.4 is 4.89 Å². The van der Waals surface area contributed by atoms with E-state index in [0.717, 1.165) is 12.8 Å². The Balaban J connectivity index is 3.74. The molecule has 0 radical (unpaired) electrons. The largest absolute Gasteiger partial charge is 0.774 e. The molecule has 0 rings (SSSR count). The van der Waals surface area contributed by atoms with Gasteiger partial charge in [-0.25, -0.2) is 0 Å². The molecule has 0 N–H and O–H groups in total. The molecule has 0 fully saturated rings. The van der Waals surface area contributed by atoms with E-state index in [1.54, 1.807) is 7.11 Å². The van der Waals surface area contributed by atoms with E-state index in [9.17, 15) is 9.46 Å². The van der Waals surface area contributed by atoms with E-state index in [-0.39, 0.29) is 12.7 Å². The molecule has 0 heterocycles. The van der Waals surface area contributed by atoms with E-state index in [2.05, 4.69) is 19.1 Å². The van der Waals surface area contributed by atoms with Crippen molar-refractivity contribution < 1.29 is 27.9 Å². The quantitative estimate of drug-likeness (QED) is 0.0500. The van der Waals surface area contributed by atoms with Crippen LogP contribution in [0.2, 0.25) is 0 Å². The Morgan fingerprint density at radius 3 is 1.81 bits per heavy atom. The fourth-order valence-corrected chi connectivity index (χ4v) is 6.32. The van der Waals surface area contributed by atoms with Gasteiger partial charge in [-0.2, -0.15) is 0 Å². The highest BCUT2D eigenvalue weighted by Gasteiger charge is 2.35. The Morgan fingerprint density at radius 2 is 1.31 bits per heavy atom. The van der Waals surface area contributed by atoms with Crippen LogP contribution in [0.15, 0.2) is 12.2 Å². The third kappa shape index (κ3) is 19.8. The van der Waals surface area contributed by atoms with Gasteiger partial charge in [0.25, 0.3) is 0 Å². The molecule has 3 atom stereocenters. The number of ether oxygens (including phenoxy) is 2. The van der Waals surface area contributed by atoms with Gasteiger partial charge in [-0.05, 0) is 38.5 Å². The summed E-state index contributed by atoms with van der Waals surface area (Å²) in [5.41, 5.74) is 0. The van der Waals surface area contributed by atoms with Crippen LogP contribution in [0.25, 0.3) is 0 Å². The second kappa shape index (κ2) is 22.7. The normalized spacial score (nSPS) is 15.9. The third-order valence-electron chi connectivity index (χ3n) is 6.68. The van der Waals surface area contributed by atoms with E-state index >= 15 is 0 Å². The number of allylic oxidation sites excluding steroid dienone is 2. The van der Waals surface area contributed by atoms with E-state index in [1.165, 1.54) is 83.5 Å². The molecule has 0 saturated carbocycles. The summed E-state index contributed by atoms with van der Waals surface area (Å²) >= 11 is 0. The average molecular weight is 534 g/mol. The van der Waals surface area contributed by atoms with Gasteiger partial charge in [0.15, 0.2) is 13.4 Å². The molecular weight excluding hydrogens is 473 g/mol. The summed E-state index contributed by atoms with van der Waals surface area (Å²) in [4.78, 5) is 12.7. The fourth-order valence-electron chi connectivity index (χ4n) is 4.35. The number of nitrogens with zero attached hydrogens (tertiary/aromatic N) is 1. The van der Waals surface area contributed by atoms with Crippen LogP contribution in [0.5, 0.6) is 0 Å². The summed E-state index contributed by atoms with van der Waals surface area (Å²) < 4.78 is 29.6. The monoisotopic (exact) mass is 533 g/mol. The number of quaternary nitrogens is 1. The summed E-state index contributed by atoms with van der Waals surface area (Å²) in [5, 5.41) is 0. The number of hydrogen-bond donors (Lipinski definition) is 0. The Kier molecular flexibility index (Phi) is 22.6. The molecule has 0 spiro atoms. The van der Waals surface area contributed by atoms with Crippen molar-refractivity contribution in [3.63, 3.8) is 0 Å². The molecule has 0 aromatic carbocycles. The van der Waals surface area contributed by atoms with Crippen molar-refractivity contribution in [3.05, 3.63) is 12.2 Å². The first-order valence-electron chi connectivity index (χ1n) is 14.7. The Labute approximate surface area is 224 Å². The lowest BCUT2D eigenvalue weighted by molar-refractivity contribution is -0.884. The van der Waals surface area contributed by atoms with Crippen molar-refractivity contribution in [2.24, 2.45) is 0 Å². The molecule has 0 bridgehead atoms. The van der Waals surface area contributed by atoms with Gasteiger partial charge in [-0.1, -0.05) is 83.8 Å². The molecule has 0 aromatic rings.